The summed E-state index contributed by atoms with van der Waals surface area (Å²) in [7, 11) is 0. The first-order chi connectivity index (χ1) is 9.44. The topological polar surface area (TPSA) is 46.2 Å². The Balaban J connectivity index is 4.88. The number of unbranched alkanes of at least 4 members (excludes halogenated alkanes) is 1. The molecule has 0 aromatic rings. The molecule has 3 nitrogen and oxygen atoms in total. The van der Waals surface area contributed by atoms with E-state index < -0.39 is 6.04 Å². The molecule has 0 bridgehead atoms. The van der Waals surface area contributed by atoms with Crippen LogP contribution in [0.1, 0.15) is 81.1 Å². The second-order valence-corrected chi connectivity index (χ2v) is 8.07. The molecule has 0 saturated carbocycles. The number of amides is 1. The van der Waals surface area contributed by atoms with Gasteiger partial charge in [0.2, 0.25) is 5.91 Å². The van der Waals surface area contributed by atoms with Crippen molar-refractivity contribution in [3.05, 3.63) is 0 Å². The zero-order valence-electron chi connectivity index (χ0n) is 15.3. The van der Waals surface area contributed by atoms with Crippen LogP contribution in [0.3, 0.4) is 0 Å². The Bertz CT molecular complexity index is 355. The fraction of sp³-hybridized carbons (Fsp3) is 0.889. The lowest BCUT2D eigenvalue weighted by molar-refractivity contribution is -0.131. The van der Waals surface area contributed by atoms with E-state index in [1.165, 1.54) is 0 Å². The quantitative estimate of drug-likeness (QED) is 0.724. The van der Waals surface area contributed by atoms with Gasteiger partial charge in [-0.05, 0) is 30.1 Å². The SMILES string of the molecule is CCCC[C@](C)(CC(=O)NC(C(C)=O)C(C)(C)C)C(C)C. The third-order valence-electron chi connectivity index (χ3n) is 4.64. The third kappa shape index (κ3) is 6.62. The number of hydrogen-bond acceptors (Lipinski definition) is 2. The summed E-state index contributed by atoms with van der Waals surface area (Å²) in [4.78, 5) is 24.2. The molecule has 0 aromatic carbocycles. The molecule has 0 saturated heterocycles. The van der Waals surface area contributed by atoms with Gasteiger partial charge in [0.25, 0.3) is 0 Å². The standard InChI is InChI=1S/C18H35NO2/c1-9-10-11-18(8,13(2)3)12-15(21)19-16(14(4)20)17(5,6)7/h13,16H,9-12H2,1-8H3,(H,19,21)/t16?,18-/m1/s1. The molecule has 0 spiro atoms. The Morgan fingerprint density at radius 2 is 1.62 bits per heavy atom. The Kier molecular flexibility index (Phi) is 7.63. The summed E-state index contributed by atoms with van der Waals surface area (Å²) in [5.41, 5.74) is -0.252. The average molecular weight is 297 g/mol. The molecule has 2 atom stereocenters. The van der Waals surface area contributed by atoms with E-state index in [9.17, 15) is 9.59 Å². The predicted molar refractivity (Wildman–Crippen MR) is 89.2 cm³/mol. The number of nitrogens with one attached hydrogen (secondary N) is 1. The van der Waals surface area contributed by atoms with Crippen LogP contribution in [0.5, 0.6) is 0 Å². The van der Waals surface area contributed by atoms with Crippen LogP contribution in [0.4, 0.5) is 0 Å². The molecule has 21 heavy (non-hydrogen) atoms. The Hall–Kier alpha value is -0.860. The second-order valence-electron chi connectivity index (χ2n) is 8.07. The molecule has 124 valence electrons. The predicted octanol–water partition coefficient (Wildman–Crippen LogP) is 4.35. The Morgan fingerprint density at radius 3 is 1.95 bits per heavy atom. The summed E-state index contributed by atoms with van der Waals surface area (Å²) < 4.78 is 0. The average Bonchev–Trinajstić information content (AvgIpc) is 2.31. The summed E-state index contributed by atoms with van der Waals surface area (Å²) in [5, 5.41) is 2.95. The number of ketones is 1. The summed E-state index contributed by atoms with van der Waals surface area (Å²) in [6.07, 6.45) is 3.82. The van der Waals surface area contributed by atoms with E-state index >= 15 is 0 Å². The highest BCUT2D eigenvalue weighted by atomic mass is 16.2. The summed E-state index contributed by atoms with van der Waals surface area (Å²) in [5.74, 6) is 0.466. The Labute approximate surface area is 131 Å². The van der Waals surface area contributed by atoms with E-state index in [1.807, 2.05) is 20.8 Å². The van der Waals surface area contributed by atoms with Crippen LogP contribution >= 0.6 is 0 Å². The number of carbonyl (C=O) groups excluding carboxylic acids is 2. The maximum absolute atomic E-state index is 12.4. The van der Waals surface area contributed by atoms with E-state index in [1.54, 1.807) is 6.92 Å². The molecular formula is C18H35NO2. The molecule has 0 aliphatic carbocycles. The largest absolute Gasteiger partial charge is 0.346 e. The minimum absolute atomic E-state index is 0.000678. The van der Waals surface area contributed by atoms with Crippen molar-refractivity contribution >= 4 is 11.7 Å². The van der Waals surface area contributed by atoms with E-state index in [4.69, 9.17) is 0 Å². The van der Waals surface area contributed by atoms with Crippen LogP contribution in [0, 0.1) is 16.7 Å². The van der Waals surface area contributed by atoms with Gasteiger partial charge in [-0.2, -0.15) is 0 Å². The van der Waals surface area contributed by atoms with Crippen molar-refractivity contribution in [3.63, 3.8) is 0 Å². The smallest absolute Gasteiger partial charge is 0.221 e. The van der Waals surface area contributed by atoms with Gasteiger partial charge in [0.05, 0.1) is 6.04 Å². The van der Waals surface area contributed by atoms with E-state index in [2.05, 4.69) is 33.0 Å². The van der Waals surface area contributed by atoms with Gasteiger partial charge in [-0.3, -0.25) is 9.59 Å². The van der Waals surface area contributed by atoms with Crippen LogP contribution in [0.15, 0.2) is 0 Å². The van der Waals surface area contributed by atoms with Crippen LogP contribution in [-0.4, -0.2) is 17.7 Å². The summed E-state index contributed by atoms with van der Waals surface area (Å²) in [6.45, 7) is 16.2. The van der Waals surface area contributed by atoms with Crippen molar-refractivity contribution in [2.75, 3.05) is 0 Å². The van der Waals surface area contributed by atoms with Crippen LogP contribution < -0.4 is 5.32 Å². The molecule has 1 unspecified atom stereocenters. The van der Waals surface area contributed by atoms with Gasteiger partial charge < -0.3 is 5.32 Å². The van der Waals surface area contributed by atoms with Crippen molar-refractivity contribution in [3.8, 4) is 0 Å². The number of hydrogen-bond donors (Lipinski definition) is 1. The van der Waals surface area contributed by atoms with Gasteiger partial charge in [-0.25, -0.2) is 0 Å². The molecule has 1 N–H and O–H groups in total. The number of rotatable bonds is 8. The minimum atomic E-state index is -0.410. The zero-order chi connectivity index (χ0) is 16.8. The van der Waals surface area contributed by atoms with Crippen molar-refractivity contribution in [1.82, 2.24) is 5.32 Å². The molecule has 3 heteroatoms. The number of Topliss-reactive ketones (excluding diaryl/α,β-unsaturated/α-hetero) is 1. The molecular weight excluding hydrogens is 262 g/mol. The first kappa shape index (κ1) is 20.1. The van der Waals surface area contributed by atoms with Gasteiger partial charge in [-0.15, -0.1) is 0 Å². The number of carbonyl (C=O) groups is 2. The fourth-order valence-electron chi connectivity index (χ4n) is 2.67. The molecule has 0 rings (SSSR count). The van der Waals surface area contributed by atoms with E-state index in [0.29, 0.717) is 12.3 Å². The van der Waals surface area contributed by atoms with Crippen molar-refractivity contribution in [1.29, 1.82) is 0 Å². The fourth-order valence-corrected chi connectivity index (χ4v) is 2.67. The maximum Gasteiger partial charge on any atom is 0.221 e. The lowest BCUT2D eigenvalue weighted by atomic mass is 9.72. The molecule has 0 aliphatic rings. The van der Waals surface area contributed by atoms with Gasteiger partial charge in [-0.1, -0.05) is 61.3 Å². The molecule has 0 aromatic heterocycles. The van der Waals surface area contributed by atoms with Crippen molar-refractivity contribution in [2.45, 2.75) is 87.1 Å². The lowest BCUT2D eigenvalue weighted by Gasteiger charge is -2.35. The van der Waals surface area contributed by atoms with Crippen LogP contribution in [0.25, 0.3) is 0 Å². The normalized spacial score (nSPS) is 16.4. The highest BCUT2D eigenvalue weighted by molar-refractivity contribution is 5.88. The third-order valence-corrected chi connectivity index (χ3v) is 4.64. The van der Waals surface area contributed by atoms with Gasteiger partial charge >= 0.3 is 0 Å². The lowest BCUT2D eigenvalue weighted by Crippen LogP contribution is -2.49. The molecule has 0 radical (unpaired) electrons. The molecule has 0 aliphatic heterocycles. The van der Waals surface area contributed by atoms with Gasteiger partial charge in [0.15, 0.2) is 5.78 Å². The Morgan fingerprint density at radius 1 is 1.10 bits per heavy atom. The first-order valence-corrected chi connectivity index (χ1v) is 8.24. The maximum atomic E-state index is 12.4. The summed E-state index contributed by atoms with van der Waals surface area (Å²) >= 11 is 0. The van der Waals surface area contributed by atoms with Crippen LogP contribution in [-0.2, 0) is 9.59 Å². The monoisotopic (exact) mass is 297 g/mol. The van der Waals surface area contributed by atoms with Gasteiger partial charge in [0, 0.05) is 6.42 Å². The van der Waals surface area contributed by atoms with E-state index in [0.717, 1.165) is 19.3 Å². The minimum Gasteiger partial charge on any atom is -0.346 e. The molecule has 0 fully saturated rings. The van der Waals surface area contributed by atoms with Crippen LogP contribution in [0.2, 0.25) is 0 Å². The zero-order valence-corrected chi connectivity index (χ0v) is 15.3. The summed E-state index contributed by atoms with van der Waals surface area (Å²) in [6, 6.07) is -0.410. The van der Waals surface area contributed by atoms with Gasteiger partial charge in [0.1, 0.15) is 0 Å². The molecule has 1 amide bonds. The first-order valence-electron chi connectivity index (χ1n) is 8.24. The van der Waals surface area contributed by atoms with Crippen molar-refractivity contribution in [2.24, 2.45) is 16.7 Å². The second kappa shape index (κ2) is 7.95. The molecule has 0 heterocycles. The van der Waals surface area contributed by atoms with Crippen molar-refractivity contribution < 1.29 is 9.59 Å². The van der Waals surface area contributed by atoms with E-state index in [-0.39, 0.29) is 22.5 Å². The highest BCUT2D eigenvalue weighted by Crippen LogP contribution is 2.36. The highest BCUT2D eigenvalue weighted by Gasteiger charge is 2.34.